The maximum absolute atomic E-state index is 5.74. The van der Waals surface area contributed by atoms with E-state index in [1.54, 1.807) is 17.4 Å². The Hall–Kier alpha value is 0.230. The molecule has 0 aliphatic carbocycles. The van der Waals surface area contributed by atoms with Crippen LogP contribution in [0.5, 0.6) is 0 Å². The largest absolute Gasteiger partial charge is 0.448 e. The van der Waals surface area contributed by atoms with Gasteiger partial charge < -0.3 is 4.42 Å². The summed E-state index contributed by atoms with van der Waals surface area (Å²) in [6.45, 7) is 2.08. The lowest BCUT2D eigenvalue weighted by molar-refractivity contribution is 0.523. The molecule has 0 saturated carbocycles. The van der Waals surface area contributed by atoms with Crippen molar-refractivity contribution in [2.45, 2.75) is 11.8 Å². The zero-order valence-electron chi connectivity index (χ0n) is 7.76. The number of furan rings is 1. The zero-order chi connectivity index (χ0) is 11.0. The molecule has 0 spiro atoms. The SMILES string of the molecule is Cc1sc(C(Br)c2ccc(Cl)o2)cc1Br. The van der Waals surface area contributed by atoms with E-state index in [1.165, 1.54) is 9.75 Å². The standard InChI is InChI=1S/C10H7Br2ClOS/c1-5-6(11)4-8(15-5)10(12)7-2-3-9(13)14-7/h2-4,10H,1H3. The molecule has 0 saturated heterocycles. The van der Waals surface area contributed by atoms with Crippen LogP contribution in [0.2, 0.25) is 5.22 Å². The van der Waals surface area contributed by atoms with Crippen molar-refractivity contribution in [3.63, 3.8) is 0 Å². The lowest BCUT2D eigenvalue weighted by Crippen LogP contribution is -1.85. The first-order valence-electron chi connectivity index (χ1n) is 4.23. The second-order valence-corrected chi connectivity index (χ2v) is 6.49. The molecule has 2 rings (SSSR count). The number of alkyl halides is 1. The third kappa shape index (κ3) is 2.49. The lowest BCUT2D eigenvalue weighted by atomic mass is 10.3. The Morgan fingerprint density at radius 1 is 1.47 bits per heavy atom. The second kappa shape index (κ2) is 4.62. The van der Waals surface area contributed by atoms with Crippen LogP contribution in [0.25, 0.3) is 0 Å². The topological polar surface area (TPSA) is 13.1 Å². The number of hydrogen-bond acceptors (Lipinski definition) is 2. The molecule has 1 atom stereocenters. The van der Waals surface area contributed by atoms with Crippen molar-refractivity contribution in [3.05, 3.63) is 43.4 Å². The number of rotatable bonds is 2. The highest BCUT2D eigenvalue weighted by Crippen LogP contribution is 2.39. The van der Waals surface area contributed by atoms with Crippen molar-refractivity contribution in [3.8, 4) is 0 Å². The van der Waals surface area contributed by atoms with Crippen molar-refractivity contribution < 1.29 is 4.42 Å². The monoisotopic (exact) mass is 368 g/mol. The summed E-state index contributed by atoms with van der Waals surface area (Å²) in [7, 11) is 0. The third-order valence-corrected chi connectivity index (χ3v) is 5.62. The minimum absolute atomic E-state index is 0.0694. The van der Waals surface area contributed by atoms with Crippen LogP contribution in [0.15, 0.2) is 27.1 Å². The van der Waals surface area contributed by atoms with Gasteiger partial charge in [-0.3, -0.25) is 0 Å². The average Bonchev–Trinajstić information content (AvgIpc) is 2.74. The first kappa shape index (κ1) is 11.7. The average molecular weight is 370 g/mol. The van der Waals surface area contributed by atoms with E-state index in [9.17, 15) is 0 Å². The van der Waals surface area contributed by atoms with Gasteiger partial charge in [0.15, 0.2) is 5.22 Å². The van der Waals surface area contributed by atoms with Gasteiger partial charge in [-0.25, -0.2) is 0 Å². The maximum Gasteiger partial charge on any atom is 0.193 e. The van der Waals surface area contributed by atoms with Crippen LogP contribution >= 0.6 is 54.8 Å². The molecule has 0 N–H and O–H groups in total. The van der Waals surface area contributed by atoms with E-state index in [1.807, 2.05) is 6.07 Å². The van der Waals surface area contributed by atoms with E-state index in [4.69, 9.17) is 16.0 Å². The molecule has 5 heteroatoms. The Bertz CT molecular complexity index is 458. The molecule has 15 heavy (non-hydrogen) atoms. The highest BCUT2D eigenvalue weighted by molar-refractivity contribution is 9.10. The van der Waals surface area contributed by atoms with Gasteiger partial charge >= 0.3 is 0 Å². The summed E-state index contributed by atoms with van der Waals surface area (Å²) >= 11 is 14.6. The third-order valence-electron chi connectivity index (χ3n) is 1.97. The van der Waals surface area contributed by atoms with Gasteiger partial charge in [-0.1, -0.05) is 15.9 Å². The molecule has 80 valence electrons. The summed E-state index contributed by atoms with van der Waals surface area (Å²) in [5, 5.41) is 0.418. The second-order valence-electron chi connectivity index (χ2n) is 3.06. The van der Waals surface area contributed by atoms with Gasteiger partial charge in [0.2, 0.25) is 0 Å². The maximum atomic E-state index is 5.74. The fourth-order valence-electron chi connectivity index (χ4n) is 1.21. The van der Waals surface area contributed by atoms with Crippen molar-refractivity contribution in [2.75, 3.05) is 0 Å². The molecule has 0 bridgehead atoms. The van der Waals surface area contributed by atoms with Gasteiger partial charge in [0.05, 0.1) is 0 Å². The van der Waals surface area contributed by atoms with Crippen LogP contribution < -0.4 is 0 Å². The van der Waals surface area contributed by atoms with Gasteiger partial charge in [-0.2, -0.15) is 0 Å². The van der Waals surface area contributed by atoms with Crippen LogP contribution in [0, 0.1) is 6.92 Å². The van der Waals surface area contributed by atoms with Gasteiger partial charge in [0, 0.05) is 14.2 Å². The van der Waals surface area contributed by atoms with Crippen molar-refractivity contribution in [2.24, 2.45) is 0 Å². The molecule has 0 fully saturated rings. The predicted molar refractivity (Wildman–Crippen MR) is 71.2 cm³/mol. The van der Waals surface area contributed by atoms with Crippen LogP contribution in [0.3, 0.4) is 0 Å². The van der Waals surface area contributed by atoms with Gasteiger partial charge in [-0.05, 0) is 52.7 Å². The molecule has 2 aromatic heterocycles. The molecule has 0 aliphatic rings. The van der Waals surface area contributed by atoms with Gasteiger partial charge in [-0.15, -0.1) is 11.3 Å². The van der Waals surface area contributed by atoms with Crippen LogP contribution in [0.4, 0.5) is 0 Å². The summed E-state index contributed by atoms with van der Waals surface area (Å²) in [6.07, 6.45) is 0. The lowest BCUT2D eigenvalue weighted by Gasteiger charge is -2.02. The fraction of sp³-hybridized carbons (Fsp3) is 0.200. The summed E-state index contributed by atoms with van der Waals surface area (Å²) in [5.74, 6) is 0.828. The van der Waals surface area contributed by atoms with Crippen molar-refractivity contribution in [1.29, 1.82) is 0 Å². The number of hydrogen-bond donors (Lipinski definition) is 0. The first-order valence-corrected chi connectivity index (χ1v) is 7.13. The highest BCUT2D eigenvalue weighted by Gasteiger charge is 2.17. The molecular formula is C10H7Br2ClOS. The van der Waals surface area contributed by atoms with Crippen LogP contribution in [0.1, 0.15) is 20.3 Å². The number of thiophene rings is 1. The van der Waals surface area contributed by atoms with E-state index in [2.05, 4.69) is 44.8 Å². The van der Waals surface area contributed by atoms with E-state index in [0.29, 0.717) is 5.22 Å². The van der Waals surface area contributed by atoms with Gasteiger partial charge in [0.1, 0.15) is 10.6 Å². The van der Waals surface area contributed by atoms with Crippen molar-refractivity contribution >= 4 is 54.8 Å². The Kier molecular flexibility index (Phi) is 3.60. The molecule has 0 aromatic carbocycles. The molecule has 0 amide bonds. The summed E-state index contributed by atoms with van der Waals surface area (Å²) in [5.41, 5.74) is 0. The minimum Gasteiger partial charge on any atom is -0.448 e. The highest BCUT2D eigenvalue weighted by atomic mass is 79.9. The van der Waals surface area contributed by atoms with E-state index in [0.717, 1.165) is 10.2 Å². The van der Waals surface area contributed by atoms with E-state index in [-0.39, 0.29) is 4.83 Å². The molecule has 2 heterocycles. The summed E-state index contributed by atoms with van der Waals surface area (Å²) in [4.78, 5) is 2.53. The molecule has 2 aromatic rings. The van der Waals surface area contributed by atoms with Crippen LogP contribution in [-0.4, -0.2) is 0 Å². The first-order chi connectivity index (χ1) is 7.08. The number of aryl methyl sites for hydroxylation is 1. The number of halogens is 3. The molecule has 0 radical (unpaired) electrons. The van der Waals surface area contributed by atoms with E-state index >= 15 is 0 Å². The Balaban J connectivity index is 2.31. The molecule has 1 unspecified atom stereocenters. The van der Waals surface area contributed by atoms with Crippen molar-refractivity contribution in [1.82, 2.24) is 0 Å². The zero-order valence-corrected chi connectivity index (χ0v) is 12.5. The predicted octanol–water partition coefficient (Wildman–Crippen LogP) is 5.55. The quantitative estimate of drug-likeness (QED) is 0.632. The fourth-order valence-corrected chi connectivity index (χ4v) is 3.57. The Labute approximate surface area is 114 Å². The Morgan fingerprint density at radius 2 is 2.20 bits per heavy atom. The van der Waals surface area contributed by atoms with E-state index < -0.39 is 0 Å². The smallest absolute Gasteiger partial charge is 0.193 e. The minimum atomic E-state index is 0.0694. The summed E-state index contributed by atoms with van der Waals surface area (Å²) in [6, 6.07) is 5.72. The van der Waals surface area contributed by atoms with Crippen LogP contribution in [-0.2, 0) is 0 Å². The summed E-state index contributed by atoms with van der Waals surface area (Å²) < 4.78 is 6.49. The Morgan fingerprint density at radius 3 is 2.67 bits per heavy atom. The molecule has 0 aliphatic heterocycles. The molecule has 1 nitrogen and oxygen atoms in total. The normalized spacial score (nSPS) is 13.1. The van der Waals surface area contributed by atoms with Gasteiger partial charge in [0.25, 0.3) is 0 Å². The molecular weight excluding hydrogens is 363 g/mol.